The van der Waals surface area contributed by atoms with Crippen LogP contribution in [0.1, 0.15) is 48.9 Å². The Kier molecular flexibility index (Phi) is 6.24. The molecule has 2 heterocycles. The van der Waals surface area contributed by atoms with E-state index in [4.69, 9.17) is 11.6 Å². The van der Waals surface area contributed by atoms with E-state index in [1.54, 1.807) is 24.8 Å². The molecule has 1 atom stereocenters. The van der Waals surface area contributed by atoms with Crippen LogP contribution in [0.15, 0.2) is 41.3 Å². The number of amides is 1. The average molecular weight is 479 g/mol. The van der Waals surface area contributed by atoms with Crippen LogP contribution in [0.5, 0.6) is 0 Å². The molecular weight excluding hydrogens is 455 g/mol. The summed E-state index contributed by atoms with van der Waals surface area (Å²) in [5, 5.41) is 0.186. The first-order chi connectivity index (χ1) is 15.3. The van der Waals surface area contributed by atoms with E-state index in [1.807, 2.05) is 0 Å². The number of likely N-dealkylation sites (tertiary alicyclic amines) is 1. The van der Waals surface area contributed by atoms with Gasteiger partial charge in [-0.25, -0.2) is 17.8 Å². The van der Waals surface area contributed by atoms with Crippen molar-refractivity contribution in [1.82, 2.24) is 19.2 Å². The number of nitrogens with one attached hydrogen (secondary N) is 1. The van der Waals surface area contributed by atoms with Gasteiger partial charge < -0.3 is 9.88 Å². The van der Waals surface area contributed by atoms with Crippen molar-refractivity contribution in [3.05, 3.63) is 58.6 Å². The molecule has 1 amide bonds. The molecule has 7 nitrogen and oxygen atoms in total. The number of hydrogen-bond donors (Lipinski definition) is 1. The lowest BCUT2D eigenvalue weighted by molar-refractivity contribution is 0.0730. The minimum absolute atomic E-state index is 0.0314. The summed E-state index contributed by atoms with van der Waals surface area (Å²) < 4.78 is 40.7. The highest BCUT2D eigenvalue weighted by Crippen LogP contribution is 2.34. The molecule has 1 aromatic heterocycles. The zero-order valence-electron chi connectivity index (χ0n) is 17.8. The van der Waals surface area contributed by atoms with Gasteiger partial charge in [0.15, 0.2) is 0 Å². The van der Waals surface area contributed by atoms with Crippen LogP contribution in [0, 0.1) is 5.82 Å². The largest absolute Gasteiger partial charge is 0.340 e. The quantitative estimate of drug-likeness (QED) is 0.570. The maximum absolute atomic E-state index is 13.6. The number of H-pyrrole nitrogens is 1. The third-order valence-electron chi connectivity index (χ3n) is 5.80. The molecule has 1 aliphatic rings. The summed E-state index contributed by atoms with van der Waals surface area (Å²) in [6.07, 6.45) is 1.44. The van der Waals surface area contributed by atoms with Crippen molar-refractivity contribution in [3.8, 4) is 0 Å². The van der Waals surface area contributed by atoms with E-state index in [9.17, 15) is 17.6 Å². The number of nitrogens with zero attached hydrogens (tertiary/aromatic N) is 3. The normalized spacial score (nSPS) is 16.9. The van der Waals surface area contributed by atoms with Gasteiger partial charge in [0, 0.05) is 19.6 Å². The molecule has 0 bridgehead atoms. The lowest BCUT2D eigenvalue weighted by atomic mass is 10.1. The monoisotopic (exact) mass is 478 g/mol. The fourth-order valence-corrected chi connectivity index (χ4v) is 5.83. The summed E-state index contributed by atoms with van der Waals surface area (Å²) in [4.78, 5) is 22.8. The van der Waals surface area contributed by atoms with Crippen LogP contribution in [-0.2, 0) is 10.0 Å². The average Bonchev–Trinajstić information content (AvgIpc) is 3.40. The van der Waals surface area contributed by atoms with Crippen LogP contribution in [0.25, 0.3) is 11.0 Å². The van der Waals surface area contributed by atoms with Crippen LogP contribution in [0.3, 0.4) is 0 Å². The molecule has 1 fully saturated rings. The maximum Gasteiger partial charge on any atom is 0.256 e. The van der Waals surface area contributed by atoms with Gasteiger partial charge in [0.1, 0.15) is 11.6 Å². The Morgan fingerprint density at radius 3 is 2.72 bits per heavy atom. The Morgan fingerprint density at radius 1 is 1.25 bits per heavy atom. The minimum Gasteiger partial charge on any atom is -0.340 e. The third kappa shape index (κ3) is 4.00. The summed E-state index contributed by atoms with van der Waals surface area (Å²) in [5.41, 5.74) is 1.31. The summed E-state index contributed by atoms with van der Waals surface area (Å²) in [6, 6.07) is 8.17. The number of rotatable bonds is 6. The molecule has 170 valence electrons. The van der Waals surface area contributed by atoms with E-state index < -0.39 is 10.0 Å². The summed E-state index contributed by atoms with van der Waals surface area (Å²) in [6.45, 7) is 4.66. The van der Waals surface area contributed by atoms with Gasteiger partial charge in [-0.3, -0.25) is 4.79 Å². The highest BCUT2D eigenvalue weighted by Gasteiger charge is 2.34. The van der Waals surface area contributed by atoms with Crippen molar-refractivity contribution < 1.29 is 17.6 Å². The third-order valence-corrected chi connectivity index (χ3v) is 8.18. The van der Waals surface area contributed by atoms with Gasteiger partial charge in [-0.2, -0.15) is 4.31 Å². The SMILES string of the molecule is CCN(CC)S(=O)(=O)c1ccc(Cl)c(C(=O)N2CCCC2c2nc3ccc(F)cc3[nH]2)c1. The van der Waals surface area contributed by atoms with Gasteiger partial charge in [0.25, 0.3) is 5.91 Å². The zero-order valence-corrected chi connectivity index (χ0v) is 19.4. The van der Waals surface area contributed by atoms with E-state index in [1.165, 1.54) is 34.6 Å². The number of sulfonamides is 1. The Labute approximate surface area is 191 Å². The van der Waals surface area contributed by atoms with E-state index in [0.717, 1.165) is 6.42 Å². The predicted molar refractivity (Wildman–Crippen MR) is 121 cm³/mol. The molecule has 1 unspecified atom stereocenters. The maximum atomic E-state index is 13.6. The highest BCUT2D eigenvalue weighted by atomic mass is 35.5. The van der Waals surface area contributed by atoms with Gasteiger partial charge in [-0.15, -0.1) is 0 Å². The molecule has 1 aliphatic heterocycles. The molecule has 3 aromatic rings. The molecule has 0 radical (unpaired) electrons. The first-order valence-corrected chi connectivity index (χ1v) is 12.3. The van der Waals surface area contributed by atoms with Crippen molar-refractivity contribution >= 4 is 38.6 Å². The van der Waals surface area contributed by atoms with Crippen LogP contribution in [0.2, 0.25) is 5.02 Å². The predicted octanol–water partition coefficient (Wildman–Crippen LogP) is 4.36. The number of aromatic nitrogens is 2. The van der Waals surface area contributed by atoms with E-state index in [0.29, 0.717) is 42.9 Å². The topological polar surface area (TPSA) is 86.4 Å². The molecule has 4 rings (SSSR count). The molecule has 0 spiro atoms. The Morgan fingerprint density at radius 2 is 2.00 bits per heavy atom. The van der Waals surface area contributed by atoms with Crippen molar-refractivity contribution in [2.45, 2.75) is 37.6 Å². The highest BCUT2D eigenvalue weighted by molar-refractivity contribution is 7.89. The van der Waals surface area contributed by atoms with Crippen LogP contribution in [-0.4, -0.2) is 53.1 Å². The molecular formula is C22H24ClFN4O3S. The van der Waals surface area contributed by atoms with Crippen molar-refractivity contribution in [1.29, 1.82) is 0 Å². The number of carbonyl (C=O) groups excluding carboxylic acids is 1. The number of benzene rings is 2. The van der Waals surface area contributed by atoms with Gasteiger partial charge in [0.2, 0.25) is 10.0 Å². The molecule has 1 N–H and O–H groups in total. The van der Waals surface area contributed by atoms with Gasteiger partial charge >= 0.3 is 0 Å². The minimum atomic E-state index is -3.73. The van der Waals surface area contributed by atoms with E-state index >= 15 is 0 Å². The Balaban J connectivity index is 1.68. The van der Waals surface area contributed by atoms with E-state index in [-0.39, 0.29) is 33.2 Å². The summed E-state index contributed by atoms with van der Waals surface area (Å²) in [7, 11) is -3.73. The van der Waals surface area contributed by atoms with Crippen LogP contribution < -0.4 is 0 Å². The van der Waals surface area contributed by atoms with Gasteiger partial charge in [-0.1, -0.05) is 25.4 Å². The zero-order chi connectivity index (χ0) is 23.0. The summed E-state index contributed by atoms with van der Waals surface area (Å²) in [5.74, 6) is -0.162. The second-order valence-electron chi connectivity index (χ2n) is 7.67. The number of halogens is 2. The fraction of sp³-hybridized carbons (Fsp3) is 0.364. The number of hydrogen-bond acceptors (Lipinski definition) is 4. The smallest absolute Gasteiger partial charge is 0.256 e. The second-order valence-corrected chi connectivity index (χ2v) is 10.0. The van der Waals surface area contributed by atoms with Crippen molar-refractivity contribution in [2.24, 2.45) is 0 Å². The number of fused-ring (bicyclic) bond motifs is 1. The lowest BCUT2D eigenvalue weighted by Gasteiger charge is -2.24. The molecule has 32 heavy (non-hydrogen) atoms. The number of imidazole rings is 1. The molecule has 2 aromatic carbocycles. The first-order valence-electron chi connectivity index (χ1n) is 10.5. The number of aromatic amines is 1. The van der Waals surface area contributed by atoms with Crippen molar-refractivity contribution in [2.75, 3.05) is 19.6 Å². The molecule has 10 heteroatoms. The first kappa shape index (κ1) is 22.7. The summed E-state index contributed by atoms with van der Waals surface area (Å²) >= 11 is 6.32. The molecule has 0 saturated carbocycles. The van der Waals surface area contributed by atoms with Crippen LogP contribution >= 0.6 is 11.6 Å². The van der Waals surface area contributed by atoms with Gasteiger partial charge in [0.05, 0.1) is 32.6 Å². The van der Waals surface area contributed by atoms with E-state index in [2.05, 4.69) is 9.97 Å². The number of carbonyl (C=O) groups is 1. The van der Waals surface area contributed by atoms with Crippen LogP contribution in [0.4, 0.5) is 4.39 Å². The van der Waals surface area contributed by atoms with Gasteiger partial charge in [-0.05, 0) is 49.2 Å². The molecule has 0 aliphatic carbocycles. The second kappa shape index (κ2) is 8.80. The van der Waals surface area contributed by atoms with Crippen molar-refractivity contribution in [3.63, 3.8) is 0 Å². The standard InChI is InChI=1S/C22H24ClFN4O3S/c1-3-27(4-2)32(30,31)15-8-9-17(23)16(13-15)22(29)28-11-5-6-20(28)21-25-18-10-7-14(24)12-19(18)26-21/h7-10,12-13,20H,3-6,11H2,1-2H3,(H,25,26). The Hall–Kier alpha value is -2.49. The fourth-order valence-electron chi connectivity index (χ4n) is 4.15. The Bertz CT molecular complexity index is 1270. The molecule has 1 saturated heterocycles. The lowest BCUT2D eigenvalue weighted by Crippen LogP contribution is -2.32.